The van der Waals surface area contributed by atoms with Crippen molar-refractivity contribution in [3.63, 3.8) is 0 Å². The van der Waals surface area contributed by atoms with Crippen molar-refractivity contribution in [2.24, 2.45) is 0 Å². The Morgan fingerprint density at radius 2 is 1.00 bits per heavy atom. The van der Waals surface area contributed by atoms with Gasteiger partial charge in [0.1, 0.15) is 22.5 Å². The van der Waals surface area contributed by atoms with Crippen molar-refractivity contribution in [1.82, 2.24) is 0 Å². The highest BCUT2D eigenvalue weighted by Gasteiger charge is 2.25. The molecule has 0 saturated carbocycles. The Kier molecular flexibility index (Phi) is 3.97. The third kappa shape index (κ3) is 2.61. The first-order valence-electron chi connectivity index (χ1n) is 12.2. The van der Waals surface area contributed by atoms with Gasteiger partial charge in [-0.05, 0) is 22.4 Å². The highest BCUT2D eigenvalue weighted by atomic mass is 16.3. The average Bonchev–Trinajstić information content (AvgIpc) is 3.54. The molecule has 0 atom stereocenters. The van der Waals surface area contributed by atoms with Crippen molar-refractivity contribution in [2.45, 2.75) is 0 Å². The monoisotopic (exact) mass is 460 g/mol. The van der Waals surface area contributed by atoms with Crippen LogP contribution >= 0.6 is 0 Å². The van der Waals surface area contributed by atoms with Crippen molar-refractivity contribution in [1.29, 1.82) is 0 Å². The van der Waals surface area contributed by atoms with Gasteiger partial charge in [0.2, 0.25) is 0 Å². The zero-order valence-electron chi connectivity index (χ0n) is 19.4. The molecule has 0 N–H and O–H groups in total. The second-order valence-corrected chi connectivity index (χ2v) is 9.26. The van der Waals surface area contributed by atoms with E-state index in [1.165, 1.54) is 5.39 Å². The normalized spacial score (nSPS) is 11.9. The molecular weight excluding hydrogens is 440 g/mol. The molecule has 0 radical (unpaired) electrons. The fourth-order valence-electron chi connectivity index (χ4n) is 5.68. The standard InChI is InChI=1S/C34H20O2/c1-3-12-22(13-4-1)28-29-25-17-9-10-18-26(25)33-30(34(29)35-31(28)23-14-5-2-6-15-23)27-20-19-21-11-7-8-16-24(21)32(27)36-33/h1-20H. The number of hydrogen-bond donors (Lipinski definition) is 0. The number of fused-ring (bicyclic) bond motifs is 10. The average molecular weight is 461 g/mol. The molecule has 2 heterocycles. The molecule has 36 heavy (non-hydrogen) atoms. The number of rotatable bonds is 2. The van der Waals surface area contributed by atoms with E-state index in [0.29, 0.717) is 0 Å². The Hall–Kier alpha value is -4.82. The van der Waals surface area contributed by atoms with Crippen LogP contribution in [0.4, 0.5) is 0 Å². The van der Waals surface area contributed by atoms with Gasteiger partial charge in [-0.15, -0.1) is 0 Å². The SMILES string of the molecule is c1ccc(-c2oc3c(c2-c2ccccc2)c2ccccc2c2oc4c5ccccc5ccc4c23)cc1. The highest BCUT2D eigenvalue weighted by Crippen LogP contribution is 2.49. The van der Waals surface area contributed by atoms with Gasteiger partial charge in [0.15, 0.2) is 0 Å². The van der Waals surface area contributed by atoms with Crippen LogP contribution in [0, 0.1) is 0 Å². The molecule has 0 spiro atoms. The smallest absolute Gasteiger partial charge is 0.147 e. The van der Waals surface area contributed by atoms with E-state index in [1.54, 1.807) is 0 Å². The van der Waals surface area contributed by atoms with Crippen LogP contribution < -0.4 is 0 Å². The molecule has 8 aromatic rings. The van der Waals surface area contributed by atoms with Crippen LogP contribution in [0.15, 0.2) is 130 Å². The Bertz CT molecular complexity index is 2080. The van der Waals surface area contributed by atoms with E-state index in [1.807, 2.05) is 6.07 Å². The summed E-state index contributed by atoms with van der Waals surface area (Å²) in [6, 6.07) is 42.2. The topological polar surface area (TPSA) is 26.3 Å². The first-order valence-corrected chi connectivity index (χ1v) is 12.2. The Labute approximate surface area is 207 Å². The second-order valence-electron chi connectivity index (χ2n) is 9.26. The Balaban J connectivity index is 1.66. The van der Waals surface area contributed by atoms with Crippen molar-refractivity contribution in [2.75, 3.05) is 0 Å². The lowest BCUT2D eigenvalue weighted by Gasteiger charge is -2.06. The van der Waals surface area contributed by atoms with E-state index in [4.69, 9.17) is 8.83 Å². The molecule has 0 saturated heterocycles. The molecule has 0 amide bonds. The maximum absolute atomic E-state index is 6.88. The summed E-state index contributed by atoms with van der Waals surface area (Å²) >= 11 is 0. The zero-order chi connectivity index (χ0) is 23.6. The van der Waals surface area contributed by atoms with E-state index in [-0.39, 0.29) is 0 Å². The summed E-state index contributed by atoms with van der Waals surface area (Å²) in [4.78, 5) is 0. The molecule has 8 rings (SSSR count). The van der Waals surface area contributed by atoms with Gasteiger partial charge in [-0.2, -0.15) is 0 Å². The van der Waals surface area contributed by atoms with Crippen molar-refractivity contribution in [3.05, 3.63) is 121 Å². The lowest BCUT2D eigenvalue weighted by molar-refractivity contribution is 0.635. The largest absolute Gasteiger partial charge is 0.455 e. The van der Waals surface area contributed by atoms with Crippen molar-refractivity contribution in [3.8, 4) is 22.5 Å². The van der Waals surface area contributed by atoms with Gasteiger partial charge in [-0.3, -0.25) is 0 Å². The molecule has 0 aliphatic carbocycles. The summed E-state index contributed by atoms with van der Waals surface area (Å²) in [5, 5.41) is 7.74. The summed E-state index contributed by atoms with van der Waals surface area (Å²) in [5.41, 5.74) is 5.96. The molecular formula is C34H20O2. The van der Waals surface area contributed by atoms with Gasteiger partial charge in [0, 0.05) is 32.7 Å². The summed E-state index contributed by atoms with van der Waals surface area (Å²) in [6.45, 7) is 0. The number of benzene rings is 6. The van der Waals surface area contributed by atoms with Gasteiger partial charge < -0.3 is 8.83 Å². The molecule has 0 bridgehead atoms. The van der Waals surface area contributed by atoms with E-state index in [9.17, 15) is 0 Å². The third-order valence-electron chi connectivity index (χ3n) is 7.25. The van der Waals surface area contributed by atoms with E-state index in [0.717, 1.165) is 71.5 Å². The van der Waals surface area contributed by atoms with Crippen LogP contribution in [0.25, 0.3) is 76.9 Å². The maximum atomic E-state index is 6.88. The minimum atomic E-state index is 0.871. The minimum absolute atomic E-state index is 0.871. The maximum Gasteiger partial charge on any atom is 0.147 e. The number of furan rings is 2. The number of hydrogen-bond acceptors (Lipinski definition) is 2. The van der Waals surface area contributed by atoms with Crippen LogP contribution in [0.5, 0.6) is 0 Å². The van der Waals surface area contributed by atoms with Gasteiger partial charge >= 0.3 is 0 Å². The lowest BCUT2D eigenvalue weighted by Crippen LogP contribution is -1.82. The molecule has 0 aliphatic rings. The van der Waals surface area contributed by atoms with Gasteiger partial charge in [-0.25, -0.2) is 0 Å². The molecule has 2 heteroatoms. The van der Waals surface area contributed by atoms with Crippen molar-refractivity contribution < 1.29 is 8.83 Å². The quantitative estimate of drug-likeness (QED) is 0.256. The second kappa shape index (κ2) is 7.34. The summed E-state index contributed by atoms with van der Waals surface area (Å²) < 4.78 is 13.6. The third-order valence-corrected chi connectivity index (χ3v) is 7.25. The van der Waals surface area contributed by atoms with Gasteiger partial charge in [0.05, 0.1) is 5.39 Å². The summed E-state index contributed by atoms with van der Waals surface area (Å²) in [5.74, 6) is 0.879. The molecule has 2 aromatic heterocycles. The predicted octanol–water partition coefficient (Wildman–Crippen LogP) is 9.97. The van der Waals surface area contributed by atoms with E-state index >= 15 is 0 Å². The van der Waals surface area contributed by atoms with Gasteiger partial charge in [-0.1, -0.05) is 115 Å². The molecule has 6 aromatic carbocycles. The highest BCUT2D eigenvalue weighted by molar-refractivity contribution is 6.33. The molecule has 0 aliphatic heterocycles. The lowest BCUT2D eigenvalue weighted by atomic mass is 9.93. The minimum Gasteiger partial charge on any atom is -0.455 e. The molecule has 0 unspecified atom stereocenters. The van der Waals surface area contributed by atoms with Crippen LogP contribution in [0.1, 0.15) is 0 Å². The van der Waals surface area contributed by atoms with Crippen LogP contribution in [0.2, 0.25) is 0 Å². The van der Waals surface area contributed by atoms with Gasteiger partial charge in [0.25, 0.3) is 0 Å². The Morgan fingerprint density at radius 3 is 1.78 bits per heavy atom. The first-order chi connectivity index (χ1) is 17.9. The summed E-state index contributed by atoms with van der Waals surface area (Å²) in [6.07, 6.45) is 0. The molecule has 168 valence electrons. The van der Waals surface area contributed by atoms with E-state index < -0.39 is 0 Å². The molecule has 0 fully saturated rings. The van der Waals surface area contributed by atoms with Crippen molar-refractivity contribution >= 4 is 54.5 Å². The fourth-order valence-corrected chi connectivity index (χ4v) is 5.68. The van der Waals surface area contributed by atoms with Crippen LogP contribution in [-0.2, 0) is 0 Å². The van der Waals surface area contributed by atoms with E-state index in [2.05, 4.69) is 115 Å². The molecule has 2 nitrogen and oxygen atoms in total. The first kappa shape index (κ1) is 19.5. The predicted molar refractivity (Wildman–Crippen MR) is 149 cm³/mol. The fraction of sp³-hybridized carbons (Fsp3) is 0. The van der Waals surface area contributed by atoms with Crippen LogP contribution in [0.3, 0.4) is 0 Å². The van der Waals surface area contributed by atoms with Crippen LogP contribution in [-0.4, -0.2) is 0 Å². The summed E-state index contributed by atoms with van der Waals surface area (Å²) in [7, 11) is 0. The Morgan fingerprint density at radius 1 is 0.361 bits per heavy atom. The zero-order valence-corrected chi connectivity index (χ0v) is 19.4.